The number of nitrogens with one attached hydrogen (secondary N) is 1. The minimum Gasteiger partial charge on any atom is -0.466 e. The van der Waals surface area contributed by atoms with Gasteiger partial charge in [-0.15, -0.1) is 0 Å². The fourth-order valence-electron chi connectivity index (χ4n) is 5.19. The molecule has 5 atom stereocenters. The van der Waals surface area contributed by atoms with E-state index in [0.717, 1.165) is 5.56 Å². The molecule has 3 saturated heterocycles. The van der Waals surface area contributed by atoms with Crippen molar-refractivity contribution < 1.29 is 29.0 Å². The Morgan fingerprint density at radius 2 is 2.10 bits per heavy atom. The summed E-state index contributed by atoms with van der Waals surface area (Å²) in [7, 11) is 0. The molecule has 0 saturated carbocycles. The lowest BCUT2D eigenvalue weighted by atomic mass is 9.71. The van der Waals surface area contributed by atoms with Crippen LogP contribution >= 0.6 is 0 Å². The van der Waals surface area contributed by atoms with Gasteiger partial charge in [0.15, 0.2) is 0 Å². The standard InChI is InChI=1S/C21H26N2O6/c1-2-28-20(27)15-14-8-9-21(29-14)16(15)19(26)23(10-11-24)17(21)18(25)22-12-13-6-4-3-5-7-13/h3-7,14-17,24H,2,8-12H2,1H3,(H,22,25)/t14-,15+,16+,17-,21+/m1/s1. The molecule has 3 heterocycles. The molecule has 3 fully saturated rings. The van der Waals surface area contributed by atoms with Crippen molar-refractivity contribution in [1.82, 2.24) is 10.2 Å². The maximum absolute atomic E-state index is 13.2. The molecular weight excluding hydrogens is 376 g/mol. The first kappa shape index (κ1) is 19.8. The van der Waals surface area contributed by atoms with Crippen molar-refractivity contribution in [1.29, 1.82) is 0 Å². The highest BCUT2D eigenvalue weighted by Gasteiger charge is 2.74. The van der Waals surface area contributed by atoms with E-state index in [-0.39, 0.29) is 31.6 Å². The number of esters is 1. The molecule has 29 heavy (non-hydrogen) atoms. The Morgan fingerprint density at radius 1 is 1.34 bits per heavy atom. The van der Waals surface area contributed by atoms with Gasteiger partial charge >= 0.3 is 5.97 Å². The van der Waals surface area contributed by atoms with Crippen LogP contribution in [0.4, 0.5) is 0 Å². The molecule has 0 radical (unpaired) electrons. The van der Waals surface area contributed by atoms with Gasteiger partial charge in [-0.25, -0.2) is 0 Å². The van der Waals surface area contributed by atoms with Crippen LogP contribution in [0.3, 0.4) is 0 Å². The zero-order valence-corrected chi connectivity index (χ0v) is 16.4. The molecule has 2 bridgehead atoms. The predicted octanol–water partition coefficient (Wildman–Crippen LogP) is 0.233. The molecule has 0 aromatic heterocycles. The second-order valence-electron chi connectivity index (χ2n) is 7.77. The largest absolute Gasteiger partial charge is 0.466 e. The summed E-state index contributed by atoms with van der Waals surface area (Å²) >= 11 is 0. The van der Waals surface area contributed by atoms with Crippen molar-refractivity contribution in [2.45, 2.75) is 44.1 Å². The van der Waals surface area contributed by atoms with Gasteiger partial charge in [0.1, 0.15) is 11.6 Å². The molecule has 1 aromatic carbocycles. The molecule has 156 valence electrons. The monoisotopic (exact) mass is 402 g/mol. The summed E-state index contributed by atoms with van der Waals surface area (Å²) in [5.74, 6) is -2.56. The first-order valence-electron chi connectivity index (χ1n) is 10.1. The van der Waals surface area contributed by atoms with E-state index in [4.69, 9.17) is 9.47 Å². The van der Waals surface area contributed by atoms with Crippen molar-refractivity contribution in [3.05, 3.63) is 35.9 Å². The molecule has 3 aliphatic rings. The number of β-amino-alcohol motifs (C(OH)–C–C–N with tert-alkyl or cyclic N) is 1. The summed E-state index contributed by atoms with van der Waals surface area (Å²) < 4.78 is 11.4. The number of benzene rings is 1. The molecule has 2 amide bonds. The number of amides is 2. The summed E-state index contributed by atoms with van der Waals surface area (Å²) in [4.78, 5) is 40.3. The minimum atomic E-state index is -1.05. The van der Waals surface area contributed by atoms with Crippen LogP contribution in [0, 0.1) is 11.8 Å². The van der Waals surface area contributed by atoms with E-state index in [9.17, 15) is 19.5 Å². The highest BCUT2D eigenvalue weighted by molar-refractivity contribution is 5.98. The second-order valence-corrected chi connectivity index (χ2v) is 7.77. The van der Waals surface area contributed by atoms with Crippen molar-refractivity contribution in [3.8, 4) is 0 Å². The smallest absolute Gasteiger partial charge is 0.312 e. The third kappa shape index (κ3) is 3.11. The van der Waals surface area contributed by atoms with Crippen LogP contribution in [0.15, 0.2) is 30.3 Å². The highest BCUT2D eigenvalue weighted by Crippen LogP contribution is 2.58. The lowest BCUT2D eigenvalue weighted by molar-refractivity contribution is -0.154. The number of hydrogen-bond acceptors (Lipinski definition) is 6. The van der Waals surface area contributed by atoms with E-state index >= 15 is 0 Å². The fraction of sp³-hybridized carbons (Fsp3) is 0.571. The van der Waals surface area contributed by atoms with Gasteiger partial charge in [-0.3, -0.25) is 14.4 Å². The predicted molar refractivity (Wildman–Crippen MR) is 101 cm³/mol. The van der Waals surface area contributed by atoms with Crippen LogP contribution in [0.2, 0.25) is 0 Å². The Labute approximate surface area is 169 Å². The Kier molecular flexibility index (Phi) is 5.31. The lowest BCUT2D eigenvalue weighted by Gasteiger charge is -2.33. The van der Waals surface area contributed by atoms with Crippen LogP contribution in [0.25, 0.3) is 0 Å². The molecule has 0 aliphatic carbocycles. The van der Waals surface area contributed by atoms with Crippen LogP contribution in [-0.2, 0) is 30.4 Å². The van der Waals surface area contributed by atoms with Crippen LogP contribution in [0.1, 0.15) is 25.3 Å². The van der Waals surface area contributed by atoms with E-state index in [0.29, 0.717) is 19.4 Å². The number of rotatable bonds is 7. The third-order valence-electron chi connectivity index (χ3n) is 6.26. The topological polar surface area (TPSA) is 105 Å². The Balaban J connectivity index is 1.61. The average Bonchev–Trinajstić information content (AvgIpc) is 3.35. The minimum absolute atomic E-state index is 0.0179. The van der Waals surface area contributed by atoms with Crippen LogP contribution in [0.5, 0.6) is 0 Å². The maximum Gasteiger partial charge on any atom is 0.312 e. The van der Waals surface area contributed by atoms with Gasteiger partial charge in [-0.1, -0.05) is 30.3 Å². The number of aliphatic hydroxyl groups excluding tert-OH is 1. The Hall–Kier alpha value is -2.45. The van der Waals surface area contributed by atoms with Gasteiger partial charge in [-0.2, -0.15) is 0 Å². The van der Waals surface area contributed by atoms with E-state index in [1.54, 1.807) is 6.92 Å². The SMILES string of the molecule is CCOC(=O)[C@@H]1[C@H]2C(=O)N(CCO)[C@H](C(=O)NCc3ccccc3)[C@]23CC[C@H]1O3. The van der Waals surface area contributed by atoms with Crippen molar-refractivity contribution in [2.24, 2.45) is 11.8 Å². The first-order chi connectivity index (χ1) is 14.0. The summed E-state index contributed by atoms with van der Waals surface area (Å²) in [5, 5.41) is 12.4. The molecule has 4 rings (SSSR count). The van der Waals surface area contributed by atoms with Gasteiger partial charge in [0.2, 0.25) is 11.8 Å². The van der Waals surface area contributed by atoms with E-state index < -0.39 is 35.6 Å². The summed E-state index contributed by atoms with van der Waals surface area (Å²) in [6.45, 7) is 2.00. The first-order valence-corrected chi connectivity index (χ1v) is 10.1. The zero-order chi connectivity index (χ0) is 20.6. The molecule has 8 heteroatoms. The number of nitrogens with zero attached hydrogens (tertiary/aromatic N) is 1. The van der Waals surface area contributed by atoms with Gasteiger partial charge in [0.05, 0.1) is 31.2 Å². The Morgan fingerprint density at radius 3 is 2.79 bits per heavy atom. The van der Waals surface area contributed by atoms with Crippen molar-refractivity contribution in [3.63, 3.8) is 0 Å². The quantitative estimate of drug-likeness (QED) is 0.633. The molecule has 2 N–H and O–H groups in total. The number of hydrogen-bond donors (Lipinski definition) is 2. The maximum atomic E-state index is 13.2. The fourth-order valence-corrected chi connectivity index (χ4v) is 5.19. The number of aliphatic hydroxyl groups is 1. The number of fused-ring (bicyclic) bond motifs is 1. The normalized spacial score (nSPS) is 32.3. The Bertz CT molecular complexity index is 800. The van der Waals surface area contributed by atoms with Crippen LogP contribution < -0.4 is 5.32 Å². The number of carbonyl (C=O) groups excluding carboxylic acids is 3. The number of likely N-dealkylation sites (tertiary alicyclic amines) is 1. The van der Waals surface area contributed by atoms with Gasteiger partial charge in [0, 0.05) is 13.1 Å². The van der Waals surface area contributed by atoms with Gasteiger partial charge in [-0.05, 0) is 25.3 Å². The van der Waals surface area contributed by atoms with Crippen LogP contribution in [-0.4, -0.2) is 65.3 Å². The molecule has 1 aromatic rings. The van der Waals surface area contributed by atoms with E-state index in [1.165, 1.54) is 4.90 Å². The average molecular weight is 402 g/mol. The zero-order valence-electron chi connectivity index (χ0n) is 16.4. The molecule has 1 spiro atoms. The second kappa shape index (κ2) is 7.76. The van der Waals surface area contributed by atoms with Gasteiger partial charge in [0.25, 0.3) is 0 Å². The lowest BCUT2D eigenvalue weighted by Crippen LogP contribution is -2.55. The summed E-state index contributed by atoms with van der Waals surface area (Å²) in [6.07, 6.45) is 0.710. The van der Waals surface area contributed by atoms with E-state index in [2.05, 4.69) is 5.32 Å². The van der Waals surface area contributed by atoms with E-state index in [1.807, 2.05) is 30.3 Å². The van der Waals surface area contributed by atoms with Gasteiger partial charge < -0.3 is 24.8 Å². The number of carbonyl (C=O) groups is 3. The molecule has 8 nitrogen and oxygen atoms in total. The summed E-state index contributed by atoms with van der Waals surface area (Å²) in [6, 6.07) is 8.61. The van der Waals surface area contributed by atoms with Crippen molar-refractivity contribution in [2.75, 3.05) is 19.8 Å². The van der Waals surface area contributed by atoms with Crippen molar-refractivity contribution >= 4 is 17.8 Å². The molecular formula is C21H26N2O6. The molecule has 3 aliphatic heterocycles. The highest BCUT2D eigenvalue weighted by atomic mass is 16.6. The molecule has 0 unspecified atom stereocenters. The third-order valence-corrected chi connectivity index (χ3v) is 6.26. The summed E-state index contributed by atoms with van der Waals surface area (Å²) in [5.41, 5.74) is -0.108. The number of ether oxygens (including phenoxy) is 2.